The Morgan fingerprint density at radius 3 is 1.73 bits per heavy atom. The predicted molar refractivity (Wildman–Crippen MR) is 262 cm³/mol. The second-order valence-electron chi connectivity index (χ2n) is 15.4. The number of carbonyl (C=O) groups excluding carboxylic acids is 1. The molecule has 10 rings (SSSR count). The first-order valence-corrected chi connectivity index (χ1v) is 22.1. The highest BCUT2D eigenvalue weighted by atomic mass is 19.4. The lowest BCUT2D eigenvalue weighted by molar-refractivity contribution is -0.138. The quantitative estimate of drug-likeness (QED) is 0.0128. The van der Waals surface area contributed by atoms with Crippen LogP contribution in [0.4, 0.5) is 38.0 Å². The van der Waals surface area contributed by atoms with Crippen LogP contribution in [0.3, 0.4) is 0 Å². The number of fused-ring (bicyclic) bond motifs is 6. The predicted octanol–water partition coefficient (Wildman–Crippen LogP) is 8.46. The molecular formula is C50H42F6N15O3+. The third-order valence-electron chi connectivity index (χ3n) is 10.4. The Balaban J connectivity index is 0.000000168. The molecule has 24 heteroatoms. The Kier molecular flexibility index (Phi) is 17.1. The van der Waals surface area contributed by atoms with Crippen LogP contribution in [0.1, 0.15) is 45.6 Å². The molecule has 0 atom stereocenters. The van der Waals surface area contributed by atoms with Crippen LogP contribution in [0.2, 0.25) is 0 Å². The molecule has 0 bridgehead atoms. The molecule has 0 radical (unpaired) electrons. The molecule has 18 nitrogen and oxygen atoms in total. The van der Waals surface area contributed by atoms with Gasteiger partial charge in [-0.1, -0.05) is 5.92 Å². The number of pyridine rings is 3. The Hall–Kier alpha value is -9.43. The number of aliphatic hydroxyl groups excluding tert-OH is 2. The van der Waals surface area contributed by atoms with Crippen molar-refractivity contribution in [1.29, 1.82) is 5.53 Å². The molecule has 2 aromatic carbocycles. The summed E-state index contributed by atoms with van der Waals surface area (Å²) in [5, 5.41) is 31.3. The van der Waals surface area contributed by atoms with Gasteiger partial charge in [0.2, 0.25) is 0 Å². The number of terminal acetylenes is 1. The molecule has 0 unspecified atom stereocenters. The maximum atomic E-state index is 13.3. The highest BCUT2D eigenvalue weighted by Gasteiger charge is 2.32. The molecule has 0 aliphatic heterocycles. The second-order valence-corrected chi connectivity index (χ2v) is 15.4. The van der Waals surface area contributed by atoms with Crippen LogP contribution < -0.4 is 10.6 Å². The Morgan fingerprint density at radius 1 is 0.703 bits per heavy atom. The zero-order valence-electron chi connectivity index (χ0n) is 38.6. The van der Waals surface area contributed by atoms with E-state index in [9.17, 15) is 31.1 Å². The van der Waals surface area contributed by atoms with Crippen molar-refractivity contribution < 1.29 is 46.1 Å². The minimum absolute atomic E-state index is 0.0147. The monoisotopic (exact) mass is 1010 g/mol. The lowest BCUT2D eigenvalue weighted by Gasteiger charge is -2.13. The number of aromatic nitrogens is 11. The number of anilines is 2. The second kappa shape index (κ2) is 24.1. The molecule has 6 N–H and O–H groups in total. The third kappa shape index (κ3) is 12.7. The lowest BCUT2D eigenvalue weighted by Crippen LogP contribution is -2.09. The van der Waals surface area contributed by atoms with Crippen molar-refractivity contribution in [2.45, 2.75) is 25.2 Å². The van der Waals surface area contributed by atoms with E-state index in [4.69, 9.17) is 22.2 Å². The van der Waals surface area contributed by atoms with Gasteiger partial charge >= 0.3 is 18.6 Å². The smallest absolute Gasteiger partial charge is 0.396 e. The van der Waals surface area contributed by atoms with Gasteiger partial charge in [0, 0.05) is 79.4 Å². The van der Waals surface area contributed by atoms with Gasteiger partial charge in [0.1, 0.15) is 5.69 Å². The summed E-state index contributed by atoms with van der Waals surface area (Å²) in [7, 11) is 0. The fourth-order valence-electron chi connectivity index (χ4n) is 7.01. The van der Waals surface area contributed by atoms with Crippen molar-refractivity contribution in [2.24, 2.45) is 0 Å². The number of carbonyl (C=O) groups is 1. The maximum Gasteiger partial charge on any atom is 0.416 e. The number of rotatable bonds is 12. The van der Waals surface area contributed by atoms with Crippen LogP contribution in [-0.2, 0) is 12.4 Å². The summed E-state index contributed by atoms with van der Waals surface area (Å²) in [5.74, 6) is 3.11. The number of halogens is 6. The number of benzene rings is 2. The number of hydrogen-bond donors (Lipinski definition) is 6. The first kappa shape index (κ1) is 52.4. The largest absolute Gasteiger partial charge is 0.416 e. The summed E-state index contributed by atoms with van der Waals surface area (Å²) in [6, 6.07) is 19.3. The highest BCUT2D eigenvalue weighted by Crippen LogP contribution is 2.35. The van der Waals surface area contributed by atoms with Gasteiger partial charge in [0.25, 0.3) is 0 Å². The summed E-state index contributed by atoms with van der Waals surface area (Å²) >= 11 is 0. The molecule has 0 amide bonds. The van der Waals surface area contributed by atoms with E-state index in [1.807, 2.05) is 18.2 Å². The summed E-state index contributed by atoms with van der Waals surface area (Å²) in [6.45, 7) is 0.752. The Morgan fingerprint density at radius 2 is 1.24 bits per heavy atom. The zero-order valence-corrected chi connectivity index (χ0v) is 38.6. The molecule has 0 aliphatic carbocycles. The number of imidazole rings is 2. The molecule has 74 heavy (non-hydrogen) atoms. The van der Waals surface area contributed by atoms with Crippen molar-refractivity contribution in [3.8, 4) is 35.0 Å². The van der Waals surface area contributed by atoms with Crippen LogP contribution in [0.5, 0.6) is 0 Å². The van der Waals surface area contributed by atoms with E-state index >= 15 is 0 Å². The first-order chi connectivity index (χ1) is 35.8. The zero-order chi connectivity index (χ0) is 52.7. The van der Waals surface area contributed by atoms with Crippen LogP contribution in [0, 0.1) is 17.9 Å². The van der Waals surface area contributed by atoms with Crippen molar-refractivity contribution in [2.75, 3.05) is 36.9 Å². The SMILES string of the molecule is C#Cc1cnc2c(NCCCO)nc3cc(C(F)(F)F)ccc3n12.N=[N+]=Cc1cccnc1.O=Cc1cccnc1.OCCCNc1nc2cc(C(F)(F)F)ccc2n2c(-c3cc(-c4cccnc4)n[nH]3)cnc12. The van der Waals surface area contributed by atoms with Gasteiger partial charge in [-0.2, -0.15) is 31.4 Å². The molecule has 8 aromatic heterocycles. The molecule has 8 heterocycles. The summed E-state index contributed by atoms with van der Waals surface area (Å²) < 4.78 is 82.1. The van der Waals surface area contributed by atoms with E-state index in [-0.39, 0.29) is 24.2 Å². The van der Waals surface area contributed by atoms with Crippen LogP contribution >= 0.6 is 0 Å². The Labute approximate surface area is 415 Å². The molecule has 0 aliphatic rings. The number of H-pyrrole nitrogens is 1. The van der Waals surface area contributed by atoms with Crippen LogP contribution in [-0.4, -0.2) is 108 Å². The fraction of sp³-hybridized carbons (Fsp3) is 0.160. The topological polar surface area (TPSA) is 247 Å². The molecule has 10 aromatic rings. The van der Waals surface area contributed by atoms with E-state index < -0.39 is 23.5 Å². The summed E-state index contributed by atoms with van der Waals surface area (Å²) in [4.78, 5) is 42.0. The summed E-state index contributed by atoms with van der Waals surface area (Å²) in [5.41, 5.74) is 11.6. The lowest BCUT2D eigenvalue weighted by atomic mass is 10.1. The normalized spacial score (nSPS) is 11.1. The molecule has 0 saturated heterocycles. The number of aliphatic hydroxyl groups is 2. The van der Waals surface area contributed by atoms with E-state index in [1.54, 1.807) is 70.2 Å². The first-order valence-electron chi connectivity index (χ1n) is 22.1. The standard InChI is InChI=1S/C22H18F3N7O.C16H13F3N4O.C6H6N3.C6H5NO/c23-22(24,25)14-4-5-18-16(9-14)29-20(27-7-2-8-33)21-28-12-19(32(18)21)17-10-15(30-31-17)13-3-1-6-26-11-13;1-2-11-9-21-15-14(20-6-3-7-24)22-12-8-10(16(17,18)19)4-5-13(12)23(11)15;7-9-5-6-2-1-3-8-4-6;8-5-6-2-1-3-7-4-6/h1,3-6,9-12,33H,2,7-8H2,(H,27,29)(H,30,31);1,4-5,8-9,24H,3,6-7H2,(H,20,22);1-5,7H;1-5H/q;;+1;. The average Bonchev–Trinajstić information content (AvgIpc) is 4.20. The highest BCUT2D eigenvalue weighted by molar-refractivity contribution is 5.87. The molecule has 0 saturated carbocycles. The van der Waals surface area contributed by atoms with Crippen molar-refractivity contribution in [1.82, 2.24) is 53.9 Å². The van der Waals surface area contributed by atoms with Gasteiger partial charge in [0.05, 0.1) is 73.8 Å². The number of aromatic amines is 1. The average molecular weight is 1010 g/mol. The Bertz CT molecular complexity index is 3580. The minimum atomic E-state index is -4.49. The van der Waals surface area contributed by atoms with E-state index in [2.05, 4.69) is 66.4 Å². The van der Waals surface area contributed by atoms with Crippen LogP contribution in [0.25, 0.3) is 56.0 Å². The molecular weight excluding hydrogens is 973 g/mol. The van der Waals surface area contributed by atoms with Crippen LogP contribution in [0.15, 0.2) is 128 Å². The van der Waals surface area contributed by atoms with E-state index in [0.29, 0.717) is 88.2 Å². The van der Waals surface area contributed by atoms with Gasteiger partial charge in [-0.05, 0) is 91.7 Å². The van der Waals surface area contributed by atoms with Crippen molar-refractivity contribution in [3.63, 3.8) is 0 Å². The molecule has 376 valence electrons. The van der Waals surface area contributed by atoms with Gasteiger partial charge in [-0.15, -0.1) is 6.42 Å². The third-order valence-corrected chi connectivity index (χ3v) is 10.4. The number of nitrogens with zero attached hydrogens (tertiary/aromatic N) is 11. The number of alkyl halides is 6. The van der Waals surface area contributed by atoms with Gasteiger partial charge < -0.3 is 20.8 Å². The van der Waals surface area contributed by atoms with Crippen molar-refractivity contribution in [3.05, 3.63) is 156 Å². The summed E-state index contributed by atoms with van der Waals surface area (Å²) in [6.07, 6.45) is 12.6. The number of hydrogen-bond acceptors (Lipinski definition) is 14. The number of nitrogens with one attached hydrogen (secondary N) is 4. The fourth-order valence-corrected chi connectivity index (χ4v) is 7.01. The number of aldehydes is 1. The minimum Gasteiger partial charge on any atom is -0.396 e. The molecule has 0 fully saturated rings. The van der Waals surface area contributed by atoms with Gasteiger partial charge in [-0.3, -0.25) is 33.6 Å². The maximum absolute atomic E-state index is 13.3. The van der Waals surface area contributed by atoms with E-state index in [1.165, 1.54) is 30.7 Å². The molecule has 0 spiro atoms. The van der Waals surface area contributed by atoms with E-state index in [0.717, 1.165) is 41.7 Å². The van der Waals surface area contributed by atoms with Crippen molar-refractivity contribution >= 4 is 57.5 Å². The van der Waals surface area contributed by atoms with Gasteiger partial charge in [0.15, 0.2) is 29.2 Å². The van der Waals surface area contributed by atoms with Gasteiger partial charge in [-0.25, -0.2) is 19.9 Å².